The Labute approximate surface area is 187 Å². The minimum atomic E-state index is -0.169. The number of benzene rings is 2. The Morgan fingerprint density at radius 2 is 1.69 bits per heavy atom. The van der Waals surface area contributed by atoms with Gasteiger partial charge in [-0.1, -0.05) is 60.3 Å². The summed E-state index contributed by atoms with van der Waals surface area (Å²) in [6.45, 7) is 4.12. The van der Waals surface area contributed by atoms with Crippen LogP contribution in [-0.2, 0) is 12.3 Å². The summed E-state index contributed by atoms with van der Waals surface area (Å²) in [4.78, 5) is 17.4. The van der Waals surface area contributed by atoms with E-state index in [0.29, 0.717) is 39.9 Å². The maximum Gasteiger partial charge on any atom is 0.277 e. The largest absolute Gasteiger partial charge is 0.445 e. The lowest BCUT2D eigenvalue weighted by Gasteiger charge is -2.09. The molecule has 0 amide bonds. The van der Waals surface area contributed by atoms with Gasteiger partial charge in [0.05, 0.1) is 23.4 Å². The van der Waals surface area contributed by atoms with Gasteiger partial charge < -0.3 is 8.83 Å². The highest BCUT2D eigenvalue weighted by atomic mass is 32.2. The molecule has 5 rings (SSSR count). The van der Waals surface area contributed by atoms with Gasteiger partial charge in [0.1, 0.15) is 5.76 Å². The van der Waals surface area contributed by atoms with Crippen LogP contribution in [0.1, 0.15) is 22.9 Å². The average molecular weight is 446 g/mol. The molecule has 0 aliphatic rings. The number of rotatable bonds is 6. The Kier molecular flexibility index (Phi) is 5.32. The van der Waals surface area contributed by atoms with Crippen LogP contribution < -0.4 is 5.56 Å². The van der Waals surface area contributed by atoms with Crippen LogP contribution in [0.15, 0.2) is 73.4 Å². The van der Waals surface area contributed by atoms with Crippen molar-refractivity contribution in [3.05, 3.63) is 87.9 Å². The third-order valence-electron chi connectivity index (χ3n) is 5.04. The van der Waals surface area contributed by atoms with Gasteiger partial charge in [-0.05, 0) is 25.5 Å². The second-order valence-corrected chi connectivity index (χ2v) is 8.18. The lowest BCUT2D eigenvalue weighted by molar-refractivity contribution is 0.459. The Morgan fingerprint density at radius 3 is 2.44 bits per heavy atom. The van der Waals surface area contributed by atoms with E-state index in [1.165, 1.54) is 16.4 Å². The van der Waals surface area contributed by atoms with E-state index >= 15 is 0 Å². The number of nitrogens with zero attached hydrogens (tertiary/aromatic N) is 5. The van der Waals surface area contributed by atoms with E-state index in [9.17, 15) is 4.79 Å². The normalized spacial score (nSPS) is 11.3. The van der Waals surface area contributed by atoms with Crippen LogP contribution in [-0.4, -0.2) is 25.0 Å². The standard InChI is InChI=1S/C23H19N5O3S/c1-14-15(2)30-19(24-14)13-32-23-26-25-21(31-23)20-17-10-6-7-11-18(17)22(29)28(27-20)12-16-8-4-3-5-9-16/h3-11H,12-13H2,1-2H3. The summed E-state index contributed by atoms with van der Waals surface area (Å²) < 4.78 is 12.9. The minimum absolute atomic E-state index is 0.169. The van der Waals surface area contributed by atoms with E-state index < -0.39 is 0 Å². The van der Waals surface area contributed by atoms with Crippen molar-refractivity contribution in [2.75, 3.05) is 0 Å². The predicted octanol–water partition coefficient (Wildman–Crippen LogP) is 4.39. The van der Waals surface area contributed by atoms with E-state index in [0.717, 1.165) is 17.0 Å². The number of hydrogen-bond acceptors (Lipinski definition) is 8. The zero-order valence-corrected chi connectivity index (χ0v) is 18.3. The number of hydrogen-bond donors (Lipinski definition) is 0. The van der Waals surface area contributed by atoms with Crippen LogP contribution in [0.4, 0.5) is 0 Å². The molecular formula is C23H19N5O3S. The monoisotopic (exact) mass is 445 g/mol. The van der Waals surface area contributed by atoms with Gasteiger partial charge >= 0.3 is 0 Å². The minimum Gasteiger partial charge on any atom is -0.445 e. The third kappa shape index (κ3) is 3.94. The average Bonchev–Trinajstić information content (AvgIpc) is 3.41. The summed E-state index contributed by atoms with van der Waals surface area (Å²) >= 11 is 1.33. The van der Waals surface area contributed by atoms with Crippen molar-refractivity contribution in [2.45, 2.75) is 31.4 Å². The molecule has 0 aliphatic heterocycles. The molecule has 0 radical (unpaired) electrons. The van der Waals surface area contributed by atoms with Crippen molar-refractivity contribution in [1.82, 2.24) is 25.0 Å². The molecule has 0 atom stereocenters. The van der Waals surface area contributed by atoms with E-state index in [4.69, 9.17) is 8.83 Å². The zero-order valence-electron chi connectivity index (χ0n) is 17.5. The molecule has 0 N–H and O–H groups in total. The molecule has 8 nitrogen and oxygen atoms in total. The molecule has 0 saturated carbocycles. The fourth-order valence-corrected chi connectivity index (χ4v) is 3.95. The summed E-state index contributed by atoms with van der Waals surface area (Å²) in [6, 6.07) is 17.0. The molecule has 0 fully saturated rings. The molecule has 0 spiro atoms. The molecule has 32 heavy (non-hydrogen) atoms. The Bertz CT molecular complexity index is 1440. The first-order chi connectivity index (χ1) is 15.6. The number of oxazole rings is 1. The van der Waals surface area contributed by atoms with Gasteiger partial charge in [-0.25, -0.2) is 9.67 Å². The van der Waals surface area contributed by atoms with Crippen molar-refractivity contribution < 1.29 is 8.83 Å². The van der Waals surface area contributed by atoms with Crippen LogP contribution in [0.2, 0.25) is 0 Å². The van der Waals surface area contributed by atoms with Crippen molar-refractivity contribution in [1.29, 1.82) is 0 Å². The number of fused-ring (bicyclic) bond motifs is 1. The van der Waals surface area contributed by atoms with Crippen LogP contribution in [0.5, 0.6) is 0 Å². The van der Waals surface area contributed by atoms with Crippen LogP contribution >= 0.6 is 11.8 Å². The first-order valence-electron chi connectivity index (χ1n) is 10.0. The molecule has 0 bridgehead atoms. The molecule has 2 aromatic carbocycles. The highest BCUT2D eigenvalue weighted by Gasteiger charge is 2.18. The van der Waals surface area contributed by atoms with E-state index in [1.54, 1.807) is 6.07 Å². The quantitative estimate of drug-likeness (QED) is 0.355. The van der Waals surface area contributed by atoms with Crippen LogP contribution in [0.25, 0.3) is 22.4 Å². The highest BCUT2D eigenvalue weighted by Crippen LogP contribution is 2.28. The maximum absolute atomic E-state index is 13.0. The molecule has 3 heterocycles. The predicted molar refractivity (Wildman–Crippen MR) is 120 cm³/mol. The van der Waals surface area contributed by atoms with Crippen LogP contribution in [0.3, 0.4) is 0 Å². The van der Waals surface area contributed by atoms with Gasteiger partial charge in [0.25, 0.3) is 16.7 Å². The zero-order chi connectivity index (χ0) is 22.1. The highest BCUT2D eigenvalue weighted by molar-refractivity contribution is 7.98. The van der Waals surface area contributed by atoms with Crippen LogP contribution in [0, 0.1) is 13.8 Å². The van der Waals surface area contributed by atoms with Crippen molar-refractivity contribution in [3.63, 3.8) is 0 Å². The summed E-state index contributed by atoms with van der Waals surface area (Å²) in [5, 5.41) is 14.5. The first kappa shape index (κ1) is 20.2. The van der Waals surface area contributed by atoms with Gasteiger partial charge in [0.15, 0.2) is 5.69 Å². The van der Waals surface area contributed by atoms with E-state index in [1.807, 2.05) is 62.4 Å². The van der Waals surface area contributed by atoms with Gasteiger partial charge in [0, 0.05) is 5.39 Å². The Morgan fingerprint density at radius 1 is 0.938 bits per heavy atom. The van der Waals surface area contributed by atoms with Gasteiger partial charge in [-0.2, -0.15) is 5.10 Å². The van der Waals surface area contributed by atoms with E-state index in [2.05, 4.69) is 20.3 Å². The fraction of sp³-hybridized carbons (Fsp3) is 0.174. The Balaban J connectivity index is 1.49. The third-order valence-corrected chi connectivity index (χ3v) is 5.85. The first-order valence-corrected chi connectivity index (χ1v) is 11.0. The molecular weight excluding hydrogens is 426 g/mol. The topological polar surface area (TPSA) is 99.8 Å². The summed E-state index contributed by atoms with van der Waals surface area (Å²) in [7, 11) is 0. The Hall–Kier alpha value is -3.72. The lowest BCUT2D eigenvalue weighted by atomic mass is 10.1. The van der Waals surface area contributed by atoms with Gasteiger partial charge in [-0.15, -0.1) is 10.2 Å². The van der Waals surface area contributed by atoms with Gasteiger partial charge in [0.2, 0.25) is 5.89 Å². The van der Waals surface area contributed by atoms with E-state index in [-0.39, 0.29) is 11.4 Å². The number of thioether (sulfide) groups is 1. The molecule has 3 aromatic heterocycles. The lowest BCUT2D eigenvalue weighted by Crippen LogP contribution is -2.24. The second-order valence-electron chi connectivity index (χ2n) is 7.25. The number of aromatic nitrogens is 5. The molecule has 0 saturated heterocycles. The molecule has 0 aliphatic carbocycles. The summed E-state index contributed by atoms with van der Waals surface area (Å²) in [5.41, 5.74) is 2.14. The molecule has 5 aromatic rings. The molecule has 0 unspecified atom stereocenters. The maximum atomic E-state index is 13.0. The molecule has 9 heteroatoms. The summed E-state index contributed by atoms with van der Waals surface area (Å²) in [5.74, 6) is 2.12. The fourth-order valence-electron chi connectivity index (χ4n) is 3.34. The SMILES string of the molecule is Cc1nc(CSc2nnc(-c3nn(Cc4ccccc4)c(=O)c4ccccc34)o2)oc1C. The smallest absolute Gasteiger partial charge is 0.277 e. The van der Waals surface area contributed by atoms with Crippen molar-refractivity contribution in [3.8, 4) is 11.6 Å². The molecule has 160 valence electrons. The van der Waals surface area contributed by atoms with Crippen molar-refractivity contribution >= 4 is 22.5 Å². The van der Waals surface area contributed by atoms with Crippen molar-refractivity contribution in [2.24, 2.45) is 0 Å². The van der Waals surface area contributed by atoms with Gasteiger partial charge in [-0.3, -0.25) is 4.79 Å². The number of aryl methyl sites for hydroxylation is 2. The second kappa shape index (κ2) is 8.43. The summed E-state index contributed by atoms with van der Waals surface area (Å²) in [6.07, 6.45) is 0.